The van der Waals surface area contributed by atoms with Gasteiger partial charge in [-0.2, -0.15) is 0 Å². The second-order valence-corrected chi connectivity index (χ2v) is 8.45. The van der Waals surface area contributed by atoms with Gasteiger partial charge in [0.05, 0.1) is 6.42 Å². The van der Waals surface area contributed by atoms with Crippen molar-refractivity contribution in [1.82, 2.24) is 25.0 Å². The predicted molar refractivity (Wildman–Crippen MR) is 122 cm³/mol. The van der Waals surface area contributed by atoms with Gasteiger partial charge in [-0.1, -0.05) is 49.4 Å². The summed E-state index contributed by atoms with van der Waals surface area (Å²) in [7, 11) is 0. The van der Waals surface area contributed by atoms with Crippen LogP contribution in [0.2, 0.25) is 0 Å². The van der Waals surface area contributed by atoms with Crippen molar-refractivity contribution in [3.05, 3.63) is 83.2 Å². The number of fused-ring (bicyclic) bond motifs is 1. The largest absolute Gasteiger partial charge is 0.355 e. The molecule has 3 aromatic rings. The third-order valence-electron chi connectivity index (χ3n) is 6.04. The van der Waals surface area contributed by atoms with Gasteiger partial charge in [-0.25, -0.2) is 4.39 Å². The van der Waals surface area contributed by atoms with Gasteiger partial charge in [0.25, 0.3) is 0 Å². The molecule has 2 aromatic carbocycles. The summed E-state index contributed by atoms with van der Waals surface area (Å²) in [6.45, 7) is 6.61. The van der Waals surface area contributed by atoms with Gasteiger partial charge in [-0.05, 0) is 29.2 Å². The van der Waals surface area contributed by atoms with Crippen LogP contribution in [-0.2, 0) is 30.6 Å². The van der Waals surface area contributed by atoms with Crippen LogP contribution in [0, 0.1) is 5.82 Å². The molecule has 2 heterocycles. The van der Waals surface area contributed by atoms with Gasteiger partial charge in [0.1, 0.15) is 17.5 Å². The molecule has 7 heteroatoms. The Kier molecular flexibility index (Phi) is 7.27. The minimum absolute atomic E-state index is 0.0757. The fraction of sp³-hybridized carbons (Fsp3) is 0.400. The highest BCUT2D eigenvalue weighted by molar-refractivity contribution is 5.78. The van der Waals surface area contributed by atoms with Gasteiger partial charge in [-0.3, -0.25) is 4.79 Å². The Morgan fingerprint density at radius 3 is 2.62 bits per heavy atom. The van der Waals surface area contributed by atoms with Gasteiger partial charge in [0, 0.05) is 45.6 Å². The molecule has 0 saturated carbocycles. The van der Waals surface area contributed by atoms with Crippen LogP contribution in [0.3, 0.4) is 0 Å². The SMILES string of the molecule is C[C@@H](CN1CCc2nnc(CCNC(=O)Cc3ccc(F)cc3)n2CC1)c1ccccc1. The fourth-order valence-electron chi connectivity index (χ4n) is 4.23. The van der Waals surface area contributed by atoms with Gasteiger partial charge < -0.3 is 14.8 Å². The van der Waals surface area contributed by atoms with Crippen molar-refractivity contribution in [1.29, 1.82) is 0 Å². The lowest BCUT2D eigenvalue weighted by Gasteiger charge is -2.24. The molecule has 6 nitrogen and oxygen atoms in total. The highest BCUT2D eigenvalue weighted by Gasteiger charge is 2.20. The Morgan fingerprint density at radius 1 is 1.06 bits per heavy atom. The van der Waals surface area contributed by atoms with Crippen molar-refractivity contribution in [3.8, 4) is 0 Å². The van der Waals surface area contributed by atoms with Crippen molar-refractivity contribution in [2.45, 2.75) is 38.6 Å². The van der Waals surface area contributed by atoms with E-state index >= 15 is 0 Å². The van der Waals surface area contributed by atoms with Crippen molar-refractivity contribution in [2.75, 3.05) is 26.2 Å². The molecule has 1 aliphatic rings. The van der Waals surface area contributed by atoms with Crippen LogP contribution < -0.4 is 5.32 Å². The molecule has 1 N–H and O–H groups in total. The Balaban J connectivity index is 1.26. The summed E-state index contributed by atoms with van der Waals surface area (Å²) < 4.78 is 15.2. The van der Waals surface area contributed by atoms with E-state index in [1.807, 2.05) is 0 Å². The molecule has 0 bridgehead atoms. The maximum atomic E-state index is 13.0. The van der Waals surface area contributed by atoms with E-state index in [4.69, 9.17) is 0 Å². The van der Waals surface area contributed by atoms with E-state index in [1.54, 1.807) is 12.1 Å². The molecule has 4 rings (SSSR count). The molecule has 0 fully saturated rings. The zero-order valence-corrected chi connectivity index (χ0v) is 18.5. The Bertz CT molecular complexity index is 1020. The predicted octanol–water partition coefficient (Wildman–Crippen LogP) is 2.98. The fourth-order valence-corrected chi connectivity index (χ4v) is 4.23. The summed E-state index contributed by atoms with van der Waals surface area (Å²) in [5, 5.41) is 11.7. The standard InChI is InChI=1S/C25H30FN5O/c1-19(21-5-3-2-4-6-21)18-30-14-12-24-29-28-23(31(24)16-15-30)11-13-27-25(32)17-20-7-9-22(26)10-8-20/h2-10,19H,11-18H2,1H3,(H,27,32)/t19-/m0/s1. The van der Waals surface area contributed by atoms with E-state index in [1.165, 1.54) is 17.7 Å². The zero-order valence-electron chi connectivity index (χ0n) is 18.5. The second kappa shape index (κ2) is 10.5. The summed E-state index contributed by atoms with van der Waals surface area (Å²) >= 11 is 0. The van der Waals surface area contributed by atoms with Crippen molar-refractivity contribution in [3.63, 3.8) is 0 Å². The molecule has 168 valence electrons. The number of carbonyl (C=O) groups excluding carboxylic acids is 1. The van der Waals surface area contributed by atoms with Crippen LogP contribution in [0.5, 0.6) is 0 Å². The number of aromatic nitrogens is 3. The molecule has 0 spiro atoms. The smallest absolute Gasteiger partial charge is 0.224 e. The minimum Gasteiger partial charge on any atom is -0.355 e. The maximum absolute atomic E-state index is 13.0. The van der Waals surface area contributed by atoms with Crippen molar-refractivity contribution in [2.24, 2.45) is 0 Å². The van der Waals surface area contributed by atoms with E-state index in [-0.39, 0.29) is 18.1 Å². The molecule has 0 aliphatic carbocycles. The summed E-state index contributed by atoms with van der Waals surface area (Å²) in [6, 6.07) is 16.7. The van der Waals surface area contributed by atoms with Crippen LogP contribution in [0.4, 0.5) is 4.39 Å². The zero-order chi connectivity index (χ0) is 22.3. The molecule has 1 amide bonds. The first-order valence-corrected chi connectivity index (χ1v) is 11.3. The number of rotatable bonds is 8. The number of halogens is 1. The molecule has 1 aromatic heterocycles. The number of nitrogens with one attached hydrogen (secondary N) is 1. The topological polar surface area (TPSA) is 63.1 Å². The van der Waals surface area contributed by atoms with Gasteiger partial charge in [0.2, 0.25) is 5.91 Å². The van der Waals surface area contributed by atoms with Crippen LogP contribution in [0.1, 0.15) is 35.6 Å². The first kappa shape index (κ1) is 22.1. The van der Waals surface area contributed by atoms with Crippen molar-refractivity contribution < 1.29 is 9.18 Å². The molecule has 32 heavy (non-hydrogen) atoms. The normalized spacial score (nSPS) is 15.1. The second-order valence-electron chi connectivity index (χ2n) is 8.45. The van der Waals surface area contributed by atoms with Gasteiger partial charge >= 0.3 is 0 Å². The highest BCUT2D eigenvalue weighted by atomic mass is 19.1. The average molecular weight is 436 g/mol. The molecule has 0 radical (unpaired) electrons. The van der Waals surface area contributed by atoms with Crippen molar-refractivity contribution >= 4 is 5.91 Å². The van der Waals surface area contributed by atoms with E-state index in [9.17, 15) is 9.18 Å². The van der Waals surface area contributed by atoms with E-state index in [2.05, 4.69) is 62.2 Å². The first-order valence-electron chi connectivity index (χ1n) is 11.3. The third-order valence-corrected chi connectivity index (χ3v) is 6.04. The number of hydrogen-bond acceptors (Lipinski definition) is 4. The maximum Gasteiger partial charge on any atom is 0.224 e. The number of hydrogen-bond donors (Lipinski definition) is 1. The average Bonchev–Trinajstić information content (AvgIpc) is 3.07. The molecular weight excluding hydrogens is 405 g/mol. The number of amides is 1. The Labute approximate surface area is 188 Å². The Morgan fingerprint density at radius 2 is 1.84 bits per heavy atom. The van der Waals surface area contributed by atoms with Crippen LogP contribution >= 0.6 is 0 Å². The lowest BCUT2D eigenvalue weighted by molar-refractivity contribution is -0.120. The molecule has 1 aliphatic heterocycles. The molecule has 0 unspecified atom stereocenters. The monoisotopic (exact) mass is 435 g/mol. The molecular formula is C25H30FN5O. The number of nitrogens with zero attached hydrogens (tertiary/aromatic N) is 4. The summed E-state index contributed by atoms with van der Waals surface area (Å²) in [5.74, 6) is 2.05. The first-order chi connectivity index (χ1) is 15.6. The lowest BCUT2D eigenvalue weighted by atomic mass is 10.0. The van der Waals surface area contributed by atoms with Crippen LogP contribution in [0.25, 0.3) is 0 Å². The Hall–Kier alpha value is -3.06. The highest BCUT2D eigenvalue weighted by Crippen LogP contribution is 2.18. The molecule has 1 atom stereocenters. The summed E-state index contributed by atoms with van der Waals surface area (Å²) in [4.78, 5) is 14.7. The van der Waals surface area contributed by atoms with E-state index in [0.29, 0.717) is 18.9 Å². The van der Waals surface area contributed by atoms with Crippen LogP contribution in [-0.4, -0.2) is 51.8 Å². The van der Waals surface area contributed by atoms with E-state index in [0.717, 1.165) is 49.8 Å². The quantitative estimate of drug-likeness (QED) is 0.591. The third kappa shape index (κ3) is 5.79. The van der Waals surface area contributed by atoms with E-state index < -0.39 is 0 Å². The lowest BCUT2D eigenvalue weighted by Crippen LogP contribution is -2.31. The van der Waals surface area contributed by atoms with Gasteiger partial charge in [-0.15, -0.1) is 10.2 Å². The van der Waals surface area contributed by atoms with Gasteiger partial charge in [0.15, 0.2) is 0 Å². The molecule has 0 saturated heterocycles. The number of carbonyl (C=O) groups is 1. The van der Waals surface area contributed by atoms with Crippen LogP contribution in [0.15, 0.2) is 54.6 Å². The number of benzene rings is 2. The summed E-state index contributed by atoms with van der Waals surface area (Å²) in [5.41, 5.74) is 2.17. The minimum atomic E-state index is -0.297. The summed E-state index contributed by atoms with van der Waals surface area (Å²) in [6.07, 6.45) is 1.76.